The van der Waals surface area contributed by atoms with Gasteiger partial charge in [0.25, 0.3) is 5.91 Å². The first-order valence-corrected chi connectivity index (χ1v) is 8.26. The number of amides is 2. The Morgan fingerprint density at radius 1 is 1.17 bits per heavy atom. The van der Waals surface area contributed by atoms with Gasteiger partial charge in [0, 0.05) is 12.1 Å². The maximum Gasteiger partial charge on any atom is 0.261 e. The maximum atomic E-state index is 12.2. The van der Waals surface area contributed by atoms with Crippen molar-refractivity contribution >= 4 is 23.2 Å². The summed E-state index contributed by atoms with van der Waals surface area (Å²) in [5.41, 5.74) is 0.794. The van der Waals surface area contributed by atoms with Gasteiger partial charge in [-0.2, -0.15) is 0 Å². The van der Waals surface area contributed by atoms with Crippen LogP contribution in [0.4, 0.5) is 0 Å². The van der Waals surface area contributed by atoms with Gasteiger partial charge in [0.2, 0.25) is 5.91 Å². The molecule has 2 N–H and O–H groups in total. The van der Waals surface area contributed by atoms with E-state index in [2.05, 4.69) is 10.6 Å². The quantitative estimate of drug-likeness (QED) is 0.804. The van der Waals surface area contributed by atoms with Crippen LogP contribution in [0.2, 0.25) is 0 Å². The molecule has 0 aliphatic heterocycles. The van der Waals surface area contributed by atoms with Crippen molar-refractivity contribution < 1.29 is 19.1 Å². The van der Waals surface area contributed by atoms with E-state index in [0.29, 0.717) is 16.4 Å². The molecule has 24 heavy (non-hydrogen) atoms. The van der Waals surface area contributed by atoms with Crippen molar-refractivity contribution in [3.63, 3.8) is 0 Å². The number of carbonyl (C=O) groups excluding carboxylic acids is 2. The lowest BCUT2D eigenvalue weighted by molar-refractivity contribution is -0.122. The molecule has 1 aromatic carbocycles. The lowest BCUT2D eigenvalue weighted by Crippen LogP contribution is -2.44. The van der Waals surface area contributed by atoms with E-state index in [4.69, 9.17) is 9.47 Å². The Balaban J connectivity index is 1.94. The molecule has 0 saturated carbocycles. The molecule has 1 heterocycles. The van der Waals surface area contributed by atoms with Gasteiger partial charge in [0.1, 0.15) is 6.04 Å². The SMILES string of the molecule is COc1cccc(CNC(=O)C(C)NC(=O)c2cccs2)c1OC. The molecule has 0 saturated heterocycles. The molecule has 1 aromatic heterocycles. The number of hydrogen-bond donors (Lipinski definition) is 2. The van der Waals surface area contributed by atoms with E-state index in [-0.39, 0.29) is 18.4 Å². The summed E-state index contributed by atoms with van der Waals surface area (Å²) >= 11 is 1.33. The number of rotatable bonds is 7. The van der Waals surface area contributed by atoms with Crippen molar-refractivity contribution in [3.8, 4) is 11.5 Å². The average Bonchev–Trinajstić information content (AvgIpc) is 3.13. The minimum absolute atomic E-state index is 0.258. The molecule has 0 fully saturated rings. The van der Waals surface area contributed by atoms with E-state index >= 15 is 0 Å². The van der Waals surface area contributed by atoms with Crippen molar-refractivity contribution in [2.45, 2.75) is 19.5 Å². The normalized spacial score (nSPS) is 11.5. The molecule has 6 nitrogen and oxygen atoms in total. The van der Waals surface area contributed by atoms with Gasteiger partial charge in [-0.3, -0.25) is 9.59 Å². The molecule has 7 heteroatoms. The van der Waals surface area contributed by atoms with E-state index in [1.807, 2.05) is 17.5 Å². The number of hydrogen-bond acceptors (Lipinski definition) is 5. The molecule has 0 aliphatic carbocycles. The Morgan fingerprint density at radius 2 is 1.96 bits per heavy atom. The maximum absolute atomic E-state index is 12.2. The Bertz CT molecular complexity index is 701. The molecule has 0 spiro atoms. The highest BCUT2D eigenvalue weighted by Crippen LogP contribution is 2.30. The second-order valence-electron chi connectivity index (χ2n) is 5.04. The Labute approximate surface area is 144 Å². The van der Waals surface area contributed by atoms with Crippen LogP contribution in [0, 0.1) is 0 Å². The first-order chi connectivity index (χ1) is 11.6. The average molecular weight is 348 g/mol. The molecule has 2 rings (SSSR count). The molecule has 2 aromatic rings. The number of thiophene rings is 1. The van der Waals surface area contributed by atoms with E-state index < -0.39 is 6.04 Å². The summed E-state index contributed by atoms with van der Waals surface area (Å²) in [6.45, 7) is 1.92. The highest BCUT2D eigenvalue weighted by atomic mass is 32.1. The highest BCUT2D eigenvalue weighted by Gasteiger charge is 2.18. The lowest BCUT2D eigenvalue weighted by atomic mass is 10.1. The molecule has 128 valence electrons. The van der Waals surface area contributed by atoms with Crippen LogP contribution in [0.25, 0.3) is 0 Å². The number of benzene rings is 1. The molecule has 2 amide bonds. The molecular formula is C17H20N2O4S. The van der Waals surface area contributed by atoms with Gasteiger partial charge in [-0.25, -0.2) is 0 Å². The van der Waals surface area contributed by atoms with Crippen LogP contribution < -0.4 is 20.1 Å². The number of nitrogens with one attached hydrogen (secondary N) is 2. The van der Waals surface area contributed by atoms with Gasteiger partial charge in [0.05, 0.1) is 19.1 Å². The third-order valence-corrected chi connectivity index (χ3v) is 4.29. The summed E-state index contributed by atoms with van der Waals surface area (Å²) in [6, 6.07) is 8.32. The second kappa shape index (κ2) is 8.35. The standard InChI is InChI=1S/C17H20N2O4S/c1-11(19-17(21)14-8-5-9-24-14)16(20)18-10-12-6-4-7-13(22-2)15(12)23-3/h4-9,11H,10H2,1-3H3,(H,18,20)(H,19,21). The fraction of sp³-hybridized carbons (Fsp3) is 0.294. The molecule has 0 radical (unpaired) electrons. The van der Waals surface area contributed by atoms with E-state index in [1.54, 1.807) is 39.3 Å². The van der Waals surface area contributed by atoms with Gasteiger partial charge < -0.3 is 20.1 Å². The van der Waals surface area contributed by atoms with Gasteiger partial charge >= 0.3 is 0 Å². The third kappa shape index (κ3) is 4.26. The zero-order valence-corrected chi connectivity index (χ0v) is 14.6. The number of ether oxygens (including phenoxy) is 2. The summed E-state index contributed by atoms with van der Waals surface area (Å²) in [7, 11) is 3.11. The summed E-state index contributed by atoms with van der Waals surface area (Å²) < 4.78 is 10.6. The molecule has 0 bridgehead atoms. The van der Waals surface area contributed by atoms with Crippen LogP contribution in [-0.2, 0) is 11.3 Å². The first-order valence-electron chi connectivity index (χ1n) is 7.38. The first kappa shape index (κ1) is 17.8. The second-order valence-corrected chi connectivity index (χ2v) is 5.99. The van der Waals surface area contributed by atoms with Crippen molar-refractivity contribution in [2.24, 2.45) is 0 Å². The number of para-hydroxylation sites is 1. The van der Waals surface area contributed by atoms with Crippen LogP contribution in [0.15, 0.2) is 35.7 Å². The summed E-state index contributed by atoms with van der Waals surface area (Å²) in [5, 5.41) is 7.28. The van der Waals surface area contributed by atoms with Crippen LogP contribution >= 0.6 is 11.3 Å². The Morgan fingerprint density at radius 3 is 2.58 bits per heavy atom. The molecule has 1 unspecified atom stereocenters. The van der Waals surface area contributed by atoms with Crippen LogP contribution in [0.3, 0.4) is 0 Å². The van der Waals surface area contributed by atoms with Crippen molar-refractivity contribution in [1.29, 1.82) is 0 Å². The van der Waals surface area contributed by atoms with Crippen LogP contribution in [-0.4, -0.2) is 32.1 Å². The molecular weight excluding hydrogens is 328 g/mol. The number of carbonyl (C=O) groups is 2. The van der Waals surface area contributed by atoms with E-state index in [9.17, 15) is 9.59 Å². The van der Waals surface area contributed by atoms with E-state index in [0.717, 1.165) is 5.56 Å². The van der Waals surface area contributed by atoms with Gasteiger partial charge in [0.15, 0.2) is 11.5 Å². The minimum atomic E-state index is -0.642. The minimum Gasteiger partial charge on any atom is -0.493 e. The summed E-state index contributed by atoms with van der Waals surface area (Å²) in [6.07, 6.45) is 0. The van der Waals surface area contributed by atoms with Crippen LogP contribution in [0.5, 0.6) is 11.5 Å². The molecule has 0 aliphatic rings. The molecule has 1 atom stereocenters. The predicted octanol–water partition coefficient (Wildman–Crippen LogP) is 2.20. The summed E-state index contributed by atoms with van der Waals surface area (Å²) in [5.74, 6) is 0.648. The fourth-order valence-corrected chi connectivity index (χ4v) is 2.80. The Hall–Kier alpha value is -2.54. The van der Waals surface area contributed by atoms with Crippen LogP contribution in [0.1, 0.15) is 22.2 Å². The zero-order chi connectivity index (χ0) is 17.5. The Kier molecular flexibility index (Phi) is 6.20. The van der Waals surface area contributed by atoms with Crippen molar-refractivity contribution in [2.75, 3.05) is 14.2 Å². The number of methoxy groups -OCH3 is 2. The zero-order valence-electron chi connectivity index (χ0n) is 13.8. The summed E-state index contributed by atoms with van der Waals surface area (Å²) in [4.78, 5) is 24.7. The predicted molar refractivity (Wildman–Crippen MR) is 92.6 cm³/mol. The third-order valence-electron chi connectivity index (χ3n) is 3.42. The highest BCUT2D eigenvalue weighted by molar-refractivity contribution is 7.12. The largest absolute Gasteiger partial charge is 0.493 e. The monoisotopic (exact) mass is 348 g/mol. The topological polar surface area (TPSA) is 76.7 Å². The fourth-order valence-electron chi connectivity index (χ4n) is 2.17. The van der Waals surface area contributed by atoms with E-state index in [1.165, 1.54) is 11.3 Å². The van der Waals surface area contributed by atoms with Gasteiger partial charge in [-0.05, 0) is 24.4 Å². The van der Waals surface area contributed by atoms with Crippen molar-refractivity contribution in [3.05, 3.63) is 46.2 Å². The van der Waals surface area contributed by atoms with Gasteiger partial charge in [-0.15, -0.1) is 11.3 Å². The van der Waals surface area contributed by atoms with Gasteiger partial charge in [-0.1, -0.05) is 18.2 Å². The smallest absolute Gasteiger partial charge is 0.261 e. The van der Waals surface area contributed by atoms with Crippen molar-refractivity contribution in [1.82, 2.24) is 10.6 Å². The lowest BCUT2D eigenvalue weighted by Gasteiger charge is -2.16.